The van der Waals surface area contributed by atoms with Crippen LogP contribution in [0.25, 0.3) is 21.8 Å². The minimum absolute atomic E-state index is 0.0645. The number of carbonyl (C=O) groups is 1. The van der Waals surface area contributed by atoms with E-state index in [1.165, 1.54) is 18.3 Å². The van der Waals surface area contributed by atoms with Gasteiger partial charge >= 0.3 is 5.69 Å². The van der Waals surface area contributed by atoms with Crippen LogP contribution in [-0.2, 0) is 11.3 Å². The lowest BCUT2D eigenvalue weighted by atomic mass is 10.1. The molecule has 0 unspecified atom stereocenters. The fraction of sp³-hybridized carbons (Fsp3) is 0.0769. The van der Waals surface area contributed by atoms with E-state index < -0.39 is 23.0 Å². The number of fused-ring (bicyclic) bond motifs is 2. The Balaban J connectivity index is 1.54. The molecule has 2 N–H and O–H groups in total. The first-order chi connectivity index (χ1) is 16.9. The van der Waals surface area contributed by atoms with Crippen molar-refractivity contribution in [3.8, 4) is 0 Å². The van der Waals surface area contributed by atoms with E-state index in [1.54, 1.807) is 41.0 Å². The van der Waals surface area contributed by atoms with E-state index >= 15 is 0 Å². The van der Waals surface area contributed by atoms with E-state index in [0.717, 1.165) is 15.6 Å². The van der Waals surface area contributed by atoms with Crippen LogP contribution in [0.5, 0.6) is 0 Å². The number of nitrogens with one attached hydrogen (secondary N) is 2. The van der Waals surface area contributed by atoms with Gasteiger partial charge in [0.25, 0.3) is 5.56 Å². The summed E-state index contributed by atoms with van der Waals surface area (Å²) in [7, 11) is 0. The standard InChI is InChI=1S/C26H20FN5O3/c1-16-19(14-28-32-25(34)18-9-2-5-11-21(18)30-26(32)35)17-8-3-7-13-23(17)31(16)15-24(33)29-22-12-6-4-10-20(22)27/h2-14H,15H2,1H3,(H,29,33)(H,30,35). The van der Waals surface area contributed by atoms with Crippen molar-refractivity contribution in [2.45, 2.75) is 13.5 Å². The van der Waals surface area contributed by atoms with Crippen LogP contribution >= 0.6 is 0 Å². The molecule has 174 valence electrons. The van der Waals surface area contributed by atoms with E-state index in [9.17, 15) is 18.8 Å². The summed E-state index contributed by atoms with van der Waals surface area (Å²) in [5, 5.41) is 7.90. The Hall–Kier alpha value is -4.79. The molecule has 1 amide bonds. The van der Waals surface area contributed by atoms with Crippen molar-refractivity contribution < 1.29 is 9.18 Å². The molecule has 0 saturated heterocycles. The van der Waals surface area contributed by atoms with Gasteiger partial charge in [-0.05, 0) is 37.3 Å². The number of aromatic amines is 1. The number of benzene rings is 3. The van der Waals surface area contributed by atoms with Crippen LogP contribution in [0.2, 0.25) is 0 Å². The Bertz CT molecular complexity index is 1750. The fourth-order valence-electron chi connectivity index (χ4n) is 4.09. The van der Waals surface area contributed by atoms with Crippen molar-refractivity contribution in [2.24, 2.45) is 5.10 Å². The number of rotatable bonds is 5. The number of para-hydroxylation sites is 3. The molecule has 0 spiro atoms. The number of aromatic nitrogens is 3. The van der Waals surface area contributed by atoms with Crippen LogP contribution in [-0.4, -0.2) is 26.3 Å². The van der Waals surface area contributed by atoms with Gasteiger partial charge in [-0.3, -0.25) is 9.59 Å². The van der Waals surface area contributed by atoms with E-state index in [4.69, 9.17) is 0 Å². The van der Waals surface area contributed by atoms with Gasteiger partial charge < -0.3 is 14.9 Å². The normalized spacial score (nSPS) is 11.5. The quantitative estimate of drug-likeness (QED) is 0.385. The average molecular weight is 469 g/mol. The third-order valence-electron chi connectivity index (χ3n) is 5.82. The summed E-state index contributed by atoms with van der Waals surface area (Å²) in [5.41, 5.74) is 1.45. The van der Waals surface area contributed by atoms with E-state index in [0.29, 0.717) is 22.2 Å². The van der Waals surface area contributed by atoms with Crippen LogP contribution in [0.3, 0.4) is 0 Å². The molecule has 0 aliphatic carbocycles. The number of anilines is 1. The van der Waals surface area contributed by atoms with E-state index in [1.807, 2.05) is 31.2 Å². The van der Waals surface area contributed by atoms with Gasteiger partial charge in [0.1, 0.15) is 12.4 Å². The first-order valence-electron chi connectivity index (χ1n) is 10.8. The minimum Gasteiger partial charge on any atom is -0.335 e. The summed E-state index contributed by atoms with van der Waals surface area (Å²) in [6.07, 6.45) is 1.44. The number of H-pyrrole nitrogens is 1. The zero-order chi connectivity index (χ0) is 24.5. The van der Waals surface area contributed by atoms with Gasteiger partial charge in [-0.15, -0.1) is 4.68 Å². The second-order valence-electron chi connectivity index (χ2n) is 7.97. The molecule has 0 radical (unpaired) electrons. The van der Waals surface area contributed by atoms with Crippen molar-refractivity contribution in [3.63, 3.8) is 0 Å². The van der Waals surface area contributed by atoms with Crippen molar-refractivity contribution in [3.05, 3.63) is 111 Å². The van der Waals surface area contributed by atoms with Gasteiger partial charge in [0.15, 0.2) is 0 Å². The Morgan fingerprint density at radius 3 is 2.49 bits per heavy atom. The summed E-state index contributed by atoms with van der Waals surface area (Å²) in [5.74, 6) is -0.918. The molecular weight excluding hydrogens is 449 g/mol. The number of carbonyl (C=O) groups excluding carboxylic acids is 1. The molecule has 9 heteroatoms. The molecule has 8 nitrogen and oxygen atoms in total. The highest BCUT2D eigenvalue weighted by Gasteiger charge is 2.16. The predicted molar refractivity (Wildman–Crippen MR) is 134 cm³/mol. The second-order valence-corrected chi connectivity index (χ2v) is 7.97. The Labute approximate surface area is 198 Å². The molecule has 0 fully saturated rings. The monoisotopic (exact) mass is 469 g/mol. The molecule has 0 aliphatic rings. The Morgan fingerprint density at radius 1 is 1.00 bits per heavy atom. The molecule has 0 atom stereocenters. The number of halogens is 1. The van der Waals surface area contributed by atoms with E-state index in [-0.39, 0.29) is 12.2 Å². The predicted octanol–water partition coefficient (Wildman–Crippen LogP) is 3.61. The smallest absolute Gasteiger partial charge is 0.335 e. The van der Waals surface area contributed by atoms with E-state index in [2.05, 4.69) is 15.4 Å². The summed E-state index contributed by atoms with van der Waals surface area (Å²) in [6, 6.07) is 20.1. The number of hydrogen-bond donors (Lipinski definition) is 2. The second kappa shape index (κ2) is 8.86. The summed E-state index contributed by atoms with van der Waals surface area (Å²) in [4.78, 5) is 40.7. The lowest BCUT2D eigenvalue weighted by Gasteiger charge is -2.10. The van der Waals surface area contributed by atoms with Gasteiger partial charge in [-0.1, -0.05) is 42.5 Å². The largest absolute Gasteiger partial charge is 0.349 e. The zero-order valence-electron chi connectivity index (χ0n) is 18.7. The Kier molecular flexibility index (Phi) is 5.58. The molecule has 3 aromatic carbocycles. The molecule has 2 heterocycles. The third kappa shape index (κ3) is 4.04. The molecule has 5 aromatic rings. The SMILES string of the molecule is Cc1c(C=Nn2c(=O)[nH]c3ccccc3c2=O)c2ccccc2n1CC(=O)Nc1ccccc1F. The third-order valence-corrected chi connectivity index (χ3v) is 5.82. The lowest BCUT2D eigenvalue weighted by Crippen LogP contribution is -2.32. The van der Waals surface area contributed by atoms with Crippen molar-refractivity contribution in [1.82, 2.24) is 14.2 Å². The maximum absolute atomic E-state index is 14.0. The number of hydrogen-bond acceptors (Lipinski definition) is 4. The van der Waals surface area contributed by atoms with Gasteiger partial charge in [-0.25, -0.2) is 9.18 Å². The van der Waals surface area contributed by atoms with Crippen LogP contribution in [0, 0.1) is 12.7 Å². The summed E-state index contributed by atoms with van der Waals surface area (Å²) >= 11 is 0. The molecule has 0 saturated carbocycles. The highest BCUT2D eigenvalue weighted by atomic mass is 19.1. The lowest BCUT2D eigenvalue weighted by molar-refractivity contribution is -0.116. The van der Waals surface area contributed by atoms with Crippen molar-refractivity contribution in [1.29, 1.82) is 0 Å². The Morgan fingerprint density at radius 2 is 1.69 bits per heavy atom. The zero-order valence-corrected chi connectivity index (χ0v) is 18.7. The van der Waals surface area contributed by atoms with Crippen LogP contribution in [0.1, 0.15) is 11.3 Å². The van der Waals surface area contributed by atoms with Gasteiger partial charge in [0, 0.05) is 22.2 Å². The average Bonchev–Trinajstić information content (AvgIpc) is 3.11. The molecule has 5 rings (SSSR count). The topological polar surface area (TPSA) is 101 Å². The highest BCUT2D eigenvalue weighted by molar-refractivity contribution is 6.02. The molecule has 2 aromatic heterocycles. The van der Waals surface area contributed by atoms with Gasteiger partial charge in [0.05, 0.1) is 22.8 Å². The molecule has 0 aliphatic heterocycles. The maximum Gasteiger partial charge on any atom is 0.349 e. The maximum atomic E-state index is 14.0. The number of amides is 1. The van der Waals surface area contributed by atoms with Gasteiger partial charge in [0.2, 0.25) is 5.91 Å². The summed E-state index contributed by atoms with van der Waals surface area (Å²) in [6.45, 7) is 1.75. The first kappa shape index (κ1) is 22.0. The molecule has 0 bridgehead atoms. The van der Waals surface area contributed by atoms with Crippen LogP contribution in [0.15, 0.2) is 87.5 Å². The van der Waals surface area contributed by atoms with Gasteiger partial charge in [-0.2, -0.15) is 5.10 Å². The highest BCUT2D eigenvalue weighted by Crippen LogP contribution is 2.25. The minimum atomic E-state index is -0.657. The summed E-state index contributed by atoms with van der Waals surface area (Å²) < 4.78 is 16.5. The fourth-order valence-corrected chi connectivity index (χ4v) is 4.09. The first-order valence-corrected chi connectivity index (χ1v) is 10.8. The molecular formula is C26H20FN5O3. The van der Waals surface area contributed by atoms with Crippen LogP contribution < -0.4 is 16.6 Å². The number of nitrogens with zero attached hydrogens (tertiary/aromatic N) is 3. The van der Waals surface area contributed by atoms with Crippen LogP contribution in [0.4, 0.5) is 10.1 Å². The molecule has 35 heavy (non-hydrogen) atoms. The van der Waals surface area contributed by atoms with Crippen molar-refractivity contribution in [2.75, 3.05) is 5.32 Å². The van der Waals surface area contributed by atoms with Crippen molar-refractivity contribution >= 4 is 39.6 Å².